The molecule has 1 heterocycles. The van der Waals surface area contributed by atoms with Crippen LogP contribution < -0.4 is 10.1 Å². The number of aromatic nitrogens is 1. The van der Waals surface area contributed by atoms with Crippen LogP contribution in [0.3, 0.4) is 0 Å². The van der Waals surface area contributed by atoms with Crippen LogP contribution in [0, 0.1) is 0 Å². The molecule has 0 spiro atoms. The van der Waals surface area contributed by atoms with Crippen molar-refractivity contribution in [1.82, 2.24) is 4.98 Å². The first-order valence-corrected chi connectivity index (χ1v) is 7.18. The quantitative estimate of drug-likeness (QED) is 0.707. The van der Waals surface area contributed by atoms with Crippen LogP contribution in [0.15, 0.2) is 42.5 Å². The highest BCUT2D eigenvalue weighted by atomic mass is 35.5. The molecule has 0 fully saturated rings. The van der Waals surface area contributed by atoms with E-state index >= 15 is 0 Å². The number of nitrogens with zero attached hydrogens (tertiary/aromatic N) is 1. The molecule has 108 valence electrons. The maximum Gasteiger partial charge on any atom is 0.387 e. The van der Waals surface area contributed by atoms with Crippen molar-refractivity contribution in [3.8, 4) is 5.75 Å². The molecular formula is C14H9ClF2N2OS. The summed E-state index contributed by atoms with van der Waals surface area (Å²) >= 11 is 7.31. The minimum atomic E-state index is -2.87. The number of fused-ring (bicyclic) bond motifs is 1. The third-order valence-corrected chi connectivity index (χ3v) is 3.86. The Balaban J connectivity index is 1.91. The van der Waals surface area contributed by atoms with Gasteiger partial charge >= 0.3 is 6.61 Å². The van der Waals surface area contributed by atoms with E-state index in [0.717, 1.165) is 10.2 Å². The number of alkyl halides is 2. The zero-order chi connectivity index (χ0) is 14.8. The molecule has 0 bridgehead atoms. The molecule has 1 N–H and O–H groups in total. The van der Waals surface area contributed by atoms with E-state index in [9.17, 15) is 8.78 Å². The van der Waals surface area contributed by atoms with Crippen LogP contribution in [0.5, 0.6) is 5.75 Å². The van der Waals surface area contributed by atoms with Gasteiger partial charge in [0.2, 0.25) is 0 Å². The maximum absolute atomic E-state index is 12.4. The number of hydrogen-bond acceptors (Lipinski definition) is 4. The molecule has 0 aliphatic carbocycles. The van der Waals surface area contributed by atoms with E-state index in [-0.39, 0.29) is 5.75 Å². The second kappa shape index (κ2) is 5.83. The minimum Gasteiger partial charge on any atom is -0.433 e. The van der Waals surface area contributed by atoms with Crippen LogP contribution in [0.25, 0.3) is 10.2 Å². The van der Waals surface area contributed by atoms with Crippen molar-refractivity contribution in [1.29, 1.82) is 0 Å². The SMILES string of the molecule is FC(F)Oc1ccccc1Nc1nc2ccc(Cl)cc2s1. The van der Waals surface area contributed by atoms with E-state index in [1.807, 2.05) is 0 Å². The predicted molar refractivity (Wildman–Crippen MR) is 81.0 cm³/mol. The third-order valence-electron chi connectivity index (χ3n) is 2.70. The van der Waals surface area contributed by atoms with E-state index in [0.29, 0.717) is 15.8 Å². The van der Waals surface area contributed by atoms with Gasteiger partial charge in [0.25, 0.3) is 0 Å². The largest absolute Gasteiger partial charge is 0.433 e. The molecule has 2 aromatic carbocycles. The summed E-state index contributed by atoms with van der Waals surface area (Å²) in [6.45, 7) is -2.87. The molecule has 21 heavy (non-hydrogen) atoms. The Bertz CT molecular complexity index is 779. The summed E-state index contributed by atoms with van der Waals surface area (Å²) in [4.78, 5) is 4.38. The van der Waals surface area contributed by atoms with Gasteiger partial charge in [-0.25, -0.2) is 4.98 Å². The Kier molecular flexibility index (Phi) is 3.90. The van der Waals surface area contributed by atoms with Gasteiger partial charge in [-0.15, -0.1) is 0 Å². The van der Waals surface area contributed by atoms with E-state index in [2.05, 4.69) is 15.0 Å². The standard InChI is InChI=1S/C14H9ClF2N2OS/c15-8-5-6-10-12(7-8)21-14(19-10)18-9-3-1-2-4-11(9)20-13(16)17/h1-7,13H,(H,18,19). The zero-order valence-corrected chi connectivity index (χ0v) is 12.1. The van der Waals surface area contributed by atoms with Crippen LogP contribution in [-0.2, 0) is 0 Å². The van der Waals surface area contributed by atoms with Crippen LogP contribution in [0.4, 0.5) is 19.6 Å². The monoisotopic (exact) mass is 326 g/mol. The van der Waals surface area contributed by atoms with E-state index < -0.39 is 6.61 Å². The van der Waals surface area contributed by atoms with Gasteiger partial charge in [0.15, 0.2) is 5.13 Å². The molecule has 0 aliphatic rings. The molecule has 0 aliphatic heterocycles. The summed E-state index contributed by atoms with van der Waals surface area (Å²) in [6.07, 6.45) is 0. The molecule has 3 rings (SSSR count). The maximum atomic E-state index is 12.4. The van der Waals surface area contributed by atoms with Crippen molar-refractivity contribution in [2.45, 2.75) is 6.61 Å². The Labute approximate surface area is 128 Å². The average Bonchev–Trinajstić information content (AvgIpc) is 2.82. The van der Waals surface area contributed by atoms with Crippen LogP contribution in [-0.4, -0.2) is 11.6 Å². The number of anilines is 2. The van der Waals surface area contributed by atoms with Crippen LogP contribution >= 0.6 is 22.9 Å². The number of rotatable bonds is 4. The fraction of sp³-hybridized carbons (Fsp3) is 0.0714. The minimum absolute atomic E-state index is 0.0739. The van der Waals surface area contributed by atoms with Crippen LogP contribution in [0.2, 0.25) is 5.02 Å². The molecule has 3 aromatic rings. The summed E-state index contributed by atoms with van der Waals surface area (Å²) in [6, 6.07) is 11.8. The fourth-order valence-electron chi connectivity index (χ4n) is 1.84. The lowest BCUT2D eigenvalue weighted by atomic mass is 10.3. The molecule has 0 unspecified atom stereocenters. The van der Waals surface area contributed by atoms with Gasteiger partial charge in [-0.2, -0.15) is 8.78 Å². The number of benzene rings is 2. The Hall–Kier alpha value is -1.92. The van der Waals surface area contributed by atoms with E-state index in [1.54, 1.807) is 36.4 Å². The van der Waals surface area contributed by atoms with Crippen molar-refractivity contribution < 1.29 is 13.5 Å². The second-order valence-electron chi connectivity index (χ2n) is 4.13. The number of halogens is 3. The van der Waals surface area contributed by atoms with Crippen molar-refractivity contribution in [2.24, 2.45) is 0 Å². The lowest BCUT2D eigenvalue weighted by Gasteiger charge is -2.10. The first-order chi connectivity index (χ1) is 10.1. The average molecular weight is 327 g/mol. The summed E-state index contributed by atoms with van der Waals surface area (Å²) in [7, 11) is 0. The molecule has 0 radical (unpaired) electrons. The Morgan fingerprint density at radius 1 is 1.19 bits per heavy atom. The molecule has 0 amide bonds. The zero-order valence-electron chi connectivity index (χ0n) is 10.5. The van der Waals surface area contributed by atoms with Gasteiger partial charge in [0, 0.05) is 5.02 Å². The number of thiazole rings is 1. The van der Waals surface area contributed by atoms with Crippen molar-refractivity contribution in [3.63, 3.8) is 0 Å². The number of para-hydroxylation sites is 2. The molecular weight excluding hydrogens is 318 g/mol. The predicted octanol–water partition coefficient (Wildman–Crippen LogP) is 5.29. The Morgan fingerprint density at radius 2 is 2.00 bits per heavy atom. The summed E-state index contributed by atoms with van der Waals surface area (Å²) < 4.78 is 30.1. The molecule has 7 heteroatoms. The van der Waals surface area contributed by atoms with E-state index in [1.165, 1.54) is 17.4 Å². The van der Waals surface area contributed by atoms with E-state index in [4.69, 9.17) is 11.6 Å². The molecule has 0 saturated carbocycles. The van der Waals surface area contributed by atoms with Crippen molar-refractivity contribution in [3.05, 3.63) is 47.5 Å². The normalized spacial score (nSPS) is 11.0. The van der Waals surface area contributed by atoms with Crippen molar-refractivity contribution >= 4 is 44.0 Å². The van der Waals surface area contributed by atoms with Gasteiger partial charge in [-0.05, 0) is 30.3 Å². The topological polar surface area (TPSA) is 34.1 Å². The van der Waals surface area contributed by atoms with Gasteiger partial charge in [-0.3, -0.25) is 0 Å². The number of hydrogen-bond donors (Lipinski definition) is 1. The second-order valence-corrected chi connectivity index (χ2v) is 5.60. The van der Waals surface area contributed by atoms with Crippen LogP contribution in [0.1, 0.15) is 0 Å². The highest BCUT2D eigenvalue weighted by Crippen LogP contribution is 2.33. The first-order valence-electron chi connectivity index (χ1n) is 5.99. The lowest BCUT2D eigenvalue weighted by Crippen LogP contribution is -2.04. The first kappa shape index (κ1) is 14.0. The molecule has 0 saturated heterocycles. The highest BCUT2D eigenvalue weighted by Gasteiger charge is 2.11. The van der Waals surface area contributed by atoms with Gasteiger partial charge in [0.1, 0.15) is 5.75 Å². The summed E-state index contributed by atoms with van der Waals surface area (Å²) in [5.41, 5.74) is 1.22. The molecule has 3 nitrogen and oxygen atoms in total. The highest BCUT2D eigenvalue weighted by molar-refractivity contribution is 7.22. The number of nitrogens with one attached hydrogen (secondary N) is 1. The van der Waals surface area contributed by atoms with Gasteiger partial charge < -0.3 is 10.1 Å². The molecule has 0 atom stereocenters. The Morgan fingerprint density at radius 3 is 2.81 bits per heavy atom. The summed E-state index contributed by atoms with van der Waals surface area (Å²) in [5, 5.41) is 4.20. The van der Waals surface area contributed by atoms with Gasteiger partial charge in [0.05, 0.1) is 15.9 Å². The summed E-state index contributed by atoms with van der Waals surface area (Å²) in [5.74, 6) is 0.0739. The van der Waals surface area contributed by atoms with Gasteiger partial charge in [-0.1, -0.05) is 35.1 Å². The fourth-order valence-corrected chi connectivity index (χ4v) is 2.99. The third kappa shape index (κ3) is 3.22. The van der Waals surface area contributed by atoms with Crippen molar-refractivity contribution in [2.75, 3.05) is 5.32 Å². The lowest BCUT2D eigenvalue weighted by molar-refractivity contribution is -0.0493. The number of ether oxygens (including phenoxy) is 1. The molecule has 1 aromatic heterocycles. The smallest absolute Gasteiger partial charge is 0.387 e.